The van der Waals surface area contributed by atoms with Gasteiger partial charge in [-0.1, -0.05) is 0 Å². The molecule has 0 saturated heterocycles. The lowest BCUT2D eigenvalue weighted by molar-refractivity contribution is 0.156. The van der Waals surface area contributed by atoms with Gasteiger partial charge in [0, 0.05) is 19.2 Å². The van der Waals surface area contributed by atoms with E-state index in [1.165, 1.54) is 0 Å². The van der Waals surface area contributed by atoms with Gasteiger partial charge in [-0.2, -0.15) is 0 Å². The summed E-state index contributed by atoms with van der Waals surface area (Å²) in [7, 11) is 0. The van der Waals surface area contributed by atoms with Gasteiger partial charge in [-0.3, -0.25) is 14.9 Å². The average molecular weight is 316 g/mol. The van der Waals surface area contributed by atoms with Gasteiger partial charge in [0.1, 0.15) is 12.4 Å². The Morgan fingerprint density at radius 2 is 2.04 bits per heavy atom. The van der Waals surface area contributed by atoms with Crippen molar-refractivity contribution < 1.29 is 9.84 Å². The molecular weight excluding hydrogens is 296 g/mol. The molecule has 0 spiro atoms. The summed E-state index contributed by atoms with van der Waals surface area (Å²) >= 11 is 0. The van der Waals surface area contributed by atoms with E-state index in [9.17, 15) is 4.79 Å². The fraction of sp³-hybridized carbons (Fsp3) is 0.438. The molecule has 7 nitrogen and oxygen atoms in total. The average Bonchev–Trinajstić information content (AvgIpc) is 2.81. The van der Waals surface area contributed by atoms with Gasteiger partial charge in [-0.25, -0.2) is 9.67 Å². The van der Waals surface area contributed by atoms with Gasteiger partial charge in [0.05, 0.1) is 23.7 Å². The van der Waals surface area contributed by atoms with Crippen molar-refractivity contribution >= 4 is 17.1 Å². The molecule has 2 heterocycles. The summed E-state index contributed by atoms with van der Waals surface area (Å²) in [5.74, 6) is 0.349. The van der Waals surface area contributed by atoms with Crippen LogP contribution in [0, 0.1) is 12.3 Å². The van der Waals surface area contributed by atoms with Crippen molar-refractivity contribution in [3.63, 3.8) is 0 Å². The molecule has 23 heavy (non-hydrogen) atoms. The van der Waals surface area contributed by atoms with E-state index in [4.69, 9.17) is 15.3 Å². The van der Waals surface area contributed by atoms with Gasteiger partial charge in [-0.15, -0.1) is 0 Å². The lowest BCUT2D eigenvalue weighted by atomic mass is 10.1. The van der Waals surface area contributed by atoms with Crippen molar-refractivity contribution in [2.75, 3.05) is 13.2 Å². The van der Waals surface area contributed by atoms with E-state index in [-0.39, 0.29) is 24.5 Å². The minimum atomic E-state index is -0.118. The Hall–Kier alpha value is -2.41. The molecule has 1 aromatic rings. The highest BCUT2D eigenvalue weighted by atomic mass is 16.5. The normalized spacial score (nSPS) is 19.0. The molecule has 1 aliphatic heterocycles. The fourth-order valence-corrected chi connectivity index (χ4v) is 2.84. The summed E-state index contributed by atoms with van der Waals surface area (Å²) in [6.07, 6.45) is 6.97. The minimum absolute atomic E-state index is 0.0741. The Balaban J connectivity index is 1.97. The van der Waals surface area contributed by atoms with E-state index in [0.29, 0.717) is 17.2 Å². The molecule has 2 N–H and O–H groups in total. The van der Waals surface area contributed by atoms with E-state index >= 15 is 0 Å². The number of ether oxygens (including phenoxy) is 1. The SMILES string of the molecule is Cc1c(/N=C2\C=CC(=N)C(OCCO)=C2)c(=O)n2n1CCCC2. The zero-order chi connectivity index (χ0) is 16.4. The molecule has 1 aromatic heterocycles. The lowest BCUT2D eigenvalue weighted by Gasteiger charge is -2.17. The van der Waals surface area contributed by atoms with Crippen LogP contribution in [-0.2, 0) is 17.8 Å². The number of aromatic nitrogens is 2. The third-order valence-electron chi connectivity index (χ3n) is 4.00. The summed E-state index contributed by atoms with van der Waals surface area (Å²) in [5, 5.41) is 16.6. The van der Waals surface area contributed by atoms with Crippen molar-refractivity contribution in [2.24, 2.45) is 4.99 Å². The number of hydrogen-bond acceptors (Lipinski definition) is 5. The van der Waals surface area contributed by atoms with Crippen molar-refractivity contribution in [2.45, 2.75) is 32.9 Å². The third kappa shape index (κ3) is 2.92. The van der Waals surface area contributed by atoms with Gasteiger partial charge < -0.3 is 9.84 Å². The highest BCUT2D eigenvalue weighted by Crippen LogP contribution is 2.20. The van der Waals surface area contributed by atoms with Gasteiger partial charge in [0.25, 0.3) is 5.56 Å². The smallest absolute Gasteiger partial charge is 0.292 e. The van der Waals surface area contributed by atoms with Crippen LogP contribution in [0.25, 0.3) is 0 Å². The number of aliphatic hydroxyl groups is 1. The van der Waals surface area contributed by atoms with Crippen LogP contribution in [-0.4, -0.2) is 39.1 Å². The molecular formula is C16H20N4O3. The van der Waals surface area contributed by atoms with E-state index < -0.39 is 0 Å². The number of fused-ring (bicyclic) bond motifs is 1. The zero-order valence-electron chi connectivity index (χ0n) is 13.1. The molecule has 0 fully saturated rings. The molecule has 2 aliphatic rings. The highest BCUT2D eigenvalue weighted by Gasteiger charge is 2.19. The van der Waals surface area contributed by atoms with E-state index in [2.05, 4.69) is 4.99 Å². The molecule has 0 amide bonds. The van der Waals surface area contributed by atoms with E-state index in [1.54, 1.807) is 22.9 Å². The number of nitrogens with one attached hydrogen (secondary N) is 1. The maximum atomic E-state index is 12.5. The largest absolute Gasteiger partial charge is 0.489 e. The Morgan fingerprint density at radius 1 is 1.30 bits per heavy atom. The van der Waals surface area contributed by atoms with E-state index in [1.807, 2.05) is 11.6 Å². The first-order chi connectivity index (χ1) is 11.1. The van der Waals surface area contributed by atoms with Crippen LogP contribution < -0.4 is 5.56 Å². The molecule has 0 atom stereocenters. The highest BCUT2D eigenvalue weighted by molar-refractivity contribution is 6.19. The summed E-state index contributed by atoms with van der Waals surface area (Å²) in [4.78, 5) is 17.0. The van der Waals surface area contributed by atoms with Crippen LogP contribution in [0.4, 0.5) is 5.69 Å². The second-order valence-electron chi connectivity index (χ2n) is 5.56. The Morgan fingerprint density at radius 3 is 2.74 bits per heavy atom. The van der Waals surface area contributed by atoms with Crippen LogP contribution in [0.2, 0.25) is 0 Å². The monoisotopic (exact) mass is 316 g/mol. The van der Waals surface area contributed by atoms with Crippen LogP contribution in [0.1, 0.15) is 18.5 Å². The molecule has 0 unspecified atom stereocenters. The van der Waals surface area contributed by atoms with Crippen molar-refractivity contribution in [1.29, 1.82) is 5.41 Å². The number of aliphatic hydroxyl groups excluding tert-OH is 1. The number of rotatable bonds is 4. The Kier molecular flexibility index (Phi) is 4.29. The first-order valence-electron chi connectivity index (χ1n) is 7.73. The second-order valence-corrected chi connectivity index (χ2v) is 5.56. The summed E-state index contributed by atoms with van der Waals surface area (Å²) < 4.78 is 9.06. The Labute approximate surface area is 133 Å². The number of hydrogen-bond donors (Lipinski definition) is 2. The van der Waals surface area contributed by atoms with Crippen molar-refractivity contribution in [3.05, 3.63) is 40.0 Å². The summed E-state index contributed by atoms with van der Waals surface area (Å²) in [6.45, 7) is 3.48. The van der Waals surface area contributed by atoms with Crippen LogP contribution in [0.5, 0.6) is 0 Å². The predicted molar refractivity (Wildman–Crippen MR) is 87.7 cm³/mol. The third-order valence-corrected chi connectivity index (χ3v) is 4.00. The molecule has 3 rings (SSSR count). The minimum Gasteiger partial charge on any atom is -0.489 e. The lowest BCUT2D eigenvalue weighted by Crippen LogP contribution is -2.27. The molecule has 0 saturated carbocycles. The van der Waals surface area contributed by atoms with Crippen molar-refractivity contribution in [3.8, 4) is 0 Å². The van der Waals surface area contributed by atoms with Crippen molar-refractivity contribution in [1.82, 2.24) is 9.36 Å². The molecule has 122 valence electrons. The summed E-state index contributed by atoms with van der Waals surface area (Å²) in [6, 6.07) is 0. The summed E-state index contributed by atoms with van der Waals surface area (Å²) in [5.41, 5.74) is 2.02. The van der Waals surface area contributed by atoms with Crippen LogP contribution >= 0.6 is 0 Å². The topological polar surface area (TPSA) is 92.6 Å². The molecule has 1 aliphatic carbocycles. The Bertz CT molecular complexity index is 780. The predicted octanol–water partition coefficient (Wildman–Crippen LogP) is 1.31. The first kappa shape index (κ1) is 15.5. The van der Waals surface area contributed by atoms with Crippen LogP contribution in [0.3, 0.4) is 0 Å². The maximum absolute atomic E-state index is 12.5. The fourth-order valence-electron chi connectivity index (χ4n) is 2.84. The molecule has 7 heteroatoms. The van der Waals surface area contributed by atoms with Gasteiger partial charge >= 0.3 is 0 Å². The van der Waals surface area contributed by atoms with Gasteiger partial charge in [-0.05, 0) is 31.9 Å². The van der Waals surface area contributed by atoms with Crippen LogP contribution in [0.15, 0.2) is 33.8 Å². The zero-order valence-corrected chi connectivity index (χ0v) is 13.1. The van der Waals surface area contributed by atoms with Gasteiger partial charge in [0.2, 0.25) is 0 Å². The molecule has 0 aromatic carbocycles. The first-order valence-corrected chi connectivity index (χ1v) is 7.73. The molecule has 0 radical (unpaired) electrons. The van der Waals surface area contributed by atoms with E-state index in [0.717, 1.165) is 31.6 Å². The quantitative estimate of drug-likeness (QED) is 0.820. The number of allylic oxidation sites excluding steroid dienone is 3. The number of aliphatic imine (C=N–C) groups is 1. The standard InChI is InChI=1S/C16H20N4O3/c1-11-15(16(22)20-7-3-2-6-19(11)20)18-12-4-5-13(17)14(10-12)23-9-8-21/h4-5,10,17,21H,2-3,6-9H2,1H3/b17-13?,18-12+. The number of nitrogens with zero attached hydrogens (tertiary/aromatic N) is 3. The maximum Gasteiger partial charge on any atom is 0.292 e. The second kappa shape index (κ2) is 6.37. The van der Waals surface area contributed by atoms with Gasteiger partial charge in [0.15, 0.2) is 5.69 Å². The molecule has 0 bridgehead atoms.